The van der Waals surface area contributed by atoms with Gasteiger partial charge < -0.3 is 0 Å². The lowest BCUT2D eigenvalue weighted by atomic mass is 10.2. The maximum absolute atomic E-state index is 13.7. The number of pyridine rings is 1. The Morgan fingerprint density at radius 2 is 2.35 bits per heavy atom. The summed E-state index contributed by atoms with van der Waals surface area (Å²) in [5.74, 6) is 0.149. The molecule has 17 heavy (non-hydrogen) atoms. The van der Waals surface area contributed by atoms with E-state index in [9.17, 15) is 4.39 Å². The van der Waals surface area contributed by atoms with Gasteiger partial charge in [0.1, 0.15) is 5.82 Å². The summed E-state index contributed by atoms with van der Waals surface area (Å²) < 4.78 is 15.2. The smallest absolute Gasteiger partial charge is 0.184 e. The molecule has 0 N–H and O–H groups in total. The Balaban J connectivity index is 2.25. The fourth-order valence-corrected chi connectivity index (χ4v) is 1.50. The minimum atomic E-state index is -0.303. The predicted octanol–water partition coefficient (Wildman–Crippen LogP) is 2.51. The Morgan fingerprint density at radius 1 is 1.53 bits per heavy atom. The molecule has 86 valence electrons. The molecule has 0 aromatic carbocycles. The molecule has 0 fully saturated rings. The fourth-order valence-electron chi connectivity index (χ4n) is 1.41. The van der Waals surface area contributed by atoms with Crippen molar-refractivity contribution in [2.75, 3.05) is 0 Å². The molecule has 2 aromatic rings. The molecule has 0 radical (unpaired) electrons. The van der Waals surface area contributed by atoms with Crippen molar-refractivity contribution in [3.63, 3.8) is 0 Å². The van der Waals surface area contributed by atoms with Gasteiger partial charge in [0.05, 0.1) is 17.4 Å². The Kier molecular flexibility index (Phi) is 3.37. The molecule has 0 unspecified atom stereocenters. The van der Waals surface area contributed by atoms with E-state index in [0.29, 0.717) is 17.1 Å². The van der Waals surface area contributed by atoms with Gasteiger partial charge in [-0.15, -0.1) is 0 Å². The summed E-state index contributed by atoms with van der Waals surface area (Å²) in [7, 11) is 0. The van der Waals surface area contributed by atoms with Crippen LogP contribution >= 0.6 is 12.2 Å². The topological polar surface area (TPSA) is 43.1 Å². The van der Waals surface area contributed by atoms with Gasteiger partial charge in [-0.05, 0) is 30.8 Å². The number of aromatic nitrogens is 3. The first-order valence-corrected chi connectivity index (χ1v) is 5.33. The van der Waals surface area contributed by atoms with Crippen LogP contribution in [0.5, 0.6) is 0 Å². The Hall–Kier alpha value is -1.91. The molecule has 0 atom stereocenters. The Morgan fingerprint density at radius 3 is 3.12 bits per heavy atom. The van der Waals surface area contributed by atoms with Gasteiger partial charge in [-0.2, -0.15) is 10.1 Å². The number of nitrogens with zero attached hydrogens (tertiary/aromatic N) is 4. The Labute approximate surface area is 103 Å². The second-order valence-corrected chi connectivity index (χ2v) is 3.65. The van der Waals surface area contributed by atoms with E-state index in [4.69, 9.17) is 0 Å². The average molecular weight is 248 g/mol. The maximum atomic E-state index is 13.7. The predicted molar refractivity (Wildman–Crippen MR) is 64.9 cm³/mol. The van der Waals surface area contributed by atoms with Crippen molar-refractivity contribution in [1.29, 1.82) is 0 Å². The number of halogens is 1. The van der Waals surface area contributed by atoms with E-state index in [-0.39, 0.29) is 12.4 Å². The van der Waals surface area contributed by atoms with Gasteiger partial charge in [-0.25, -0.2) is 4.39 Å². The summed E-state index contributed by atoms with van der Waals surface area (Å²) >= 11 is 4.47. The summed E-state index contributed by atoms with van der Waals surface area (Å²) in [6, 6.07) is 3.30. The van der Waals surface area contributed by atoms with Crippen LogP contribution < -0.4 is 0 Å². The minimum absolute atomic E-state index is 0.264. The highest BCUT2D eigenvalue weighted by molar-refractivity contribution is 7.78. The van der Waals surface area contributed by atoms with Gasteiger partial charge in [-0.3, -0.25) is 9.67 Å². The molecule has 0 aliphatic carbocycles. The molecule has 0 aliphatic heterocycles. The van der Waals surface area contributed by atoms with Gasteiger partial charge in [0, 0.05) is 18.5 Å². The summed E-state index contributed by atoms with van der Waals surface area (Å²) in [4.78, 5) is 7.71. The van der Waals surface area contributed by atoms with E-state index in [2.05, 4.69) is 32.5 Å². The van der Waals surface area contributed by atoms with Gasteiger partial charge >= 0.3 is 0 Å². The van der Waals surface area contributed by atoms with Crippen LogP contribution in [-0.2, 0) is 6.54 Å². The second-order valence-electron chi connectivity index (χ2n) is 3.46. The highest BCUT2D eigenvalue weighted by Gasteiger charge is 2.07. The van der Waals surface area contributed by atoms with Gasteiger partial charge in [0.15, 0.2) is 5.82 Å². The van der Waals surface area contributed by atoms with Crippen LogP contribution in [0.3, 0.4) is 0 Å². The molecule has 0 aliphatic rings. The zero-order valence-electron chi connectivity index (χ0n) is 9.09. The molecule has 2 heterocycles. The Bertz CT molecular complexity index is 587. The number of aliphatic imine (C=N–C) groups is 1. The SMILES string of the molecule is Cc1ccnc(Cn2ccc(N=C=S)n2)c1F. The van der Waals surface area contributed by atoms with E-state index in [1.165, 1.54) is 0 Å². The largest absolute Gasteiger partial charge is 0.264 e. The van der Waals surface area contributed by atoms with Crippen LogP contribution in [0.2, 0.25) is 0 Å². The van der Waals surface area contributed by atoms with Crippen molar-refractivity contribution in [2.45, 2.75) is 13.5 Å². The fraction of sp³-hybridized carbons (Fsp3) is 0.182. The van der Waals surface area contributed by atoms with E-state index in [1.54, 1.807) is 36.1 Å². The van der Waals surface area contributed by atoms with Crippen molar-refractivity contribution in [1.82, 2.24) is 14.8 Å². The lowest BCUT2D eigenvalue weighted by Crippen LogP contribution is -2.05. The quantitative estimate of drug-likeness (QED) is 0.619. The molecular weight excluding hydrogens is 239 g/mol. The van der Waals surface area contributed by atoms with Crippen LogP contribution in [0.1, 0.15) is 11.3 Å². The highest BCUT2D eigenvalue weighted by Crippen LogP contribution is 2.12. The third-order valence-corrected chi connectivity index (χ3v) is 2.34. The van der Waals surface area contributed by atoms with E-state index in [0.717, 1.165) is 0 Å². The number of thiocarbonyl (C=S) groups is 1. The van der Waals surface area contributed by atoms with Crippen LogP contribution in [0, 0.1) is 12.7 Å². The van der Waals surface area contributed by atoms with Crippen molar-refractivity contribution >= 4 is 23.2 Å². The molecule has 0 saturated heterocycles. The molecule has 2 aromatic heterocycles. The summed E-state index contributed by atoms with van der Waals surface area (Å²) in [5, 5.41) is 6.30. The number of aryl methyl sites for hydroxylation is 1. The van der Waals surface area contributed by atoms with Crippen LogP contribution in [-0.4, -0.2) is 19.9 Å². The van der Waals surface area contributed by atoms with Crippen molar-refractivity contribution < 1.29 is 4.39 Å². The lowest BCUT2D eigenvalue weighted by Gasteiger charge is -2.04. The highest BCUT2D eigenvalue weighted by atomic mass is 32.1. The zero-order chi connectivity index (χ0) is 12.3. The molecule has 2 rings (SSSR count). The molecule has 6 heteroatoms. The lowest BCUT2D eigenvalue weighted by molar-refractivity contribution is 0.564. The van der Waals surface area contributed by atoms with E-state index < -0.39 is 0 Å². The van der Waals surface area contributed by atoms with Crippen LogP contribution in [0.4, 0.5) is 10.2 Å². The summed E-state index contributed by atoms with van der Waals surface area (Å²) in [6.45, 7) is 1.96. The first kappa shape index (κ1) is 11.6. The van der Waals surface area contributed by atoms with Gasteiger partial charge in [0.25, 0.3) is 0 Å². The van der Waals surface area contributed by atoms with E-state index >= 15 is 0 Å². The molecule has 0 amide bonds. The number of hydrogen-bond acceptors (Lipinski definition) is 4. The average Bonchev–Trinajstić information content (AvgIpc) is 2.73. The van der Waals surface area contributed by atoms with Crippen LogP contribution in [0.25, 0.3) is 0 Å². The van der Waals surface area contributed by atoms with E-state index in [1.807, 2.05) is 0 Å². The molecule has 0 bridgehead atoms. The first-order chi connectivity index (χ1) is 8.20. The minimum Gasteiger partial charge on any atom is -0.264 e. The third-order valence-electron chi connectivity index (χ3n) is 2.25. The van der Waals surface area contributed by atoms with Gasteiger partial charge in [0.2, 0.25) is 0 Å². The molecule has 0 spiro atoms. The van der Waals surface area contributed by atoms with Crippen molar-refractivity contribution in [3.8, 4) is 0 Å². The summed E-state index contributed by atoms with van der Waals surface area (Å²) in [6.07, 6.45) is 3.27. The molecule has 0 saturated carbocycles. The standard InChI is InChI=1S/C11H9FN4S/c1-8-2-4-13-9(11(8)12)6-16-5-3-10(15-16)14-7-17/h2-5H,6H2,1H3. The number of hydrogen-bond donors (Lipinski definition) is 0. The third kappa shape index (κ3) is 2.61. The second kappa shape index (κ2) is 4.95. The zero-order valence-corrected chi connectivity index (χ0v) is 9.91. The normalized spacial score (nSPS) is 10.0. The van der Waals surface area contributed by atoms with Gasteiger partial charge in [-0.1, -0.05) is 0 Å². The molecular formula is C11H9FN4S. The van der Waals surface area contributed by atoms with Crippen molar-refractivity contribution in [2.24, 2.45) is 4.99 Å². The monoisotopic (exact) mass is 248 g/mol. The summed E-state index contributed by atoms with van der Waals surface area (Å²) in [5.41, 5.74) is 0.922. The van der Waals surface area contributed by atoms with Crippen LogP contribution in [0.15, 0.2) is 29.5 Å². The molecule has 4 nitrogen and oxygen atoms in total. The van der Waals surface area contributed by atoms with Crippen molar-refractivity contribution in [3.05, 3.63) is 41.6 Å². The first-order valence-electron chi connectivity index (χ1n) is 4.92. The number of isothiocyanates is 1. The number of rotatable bonds is 3. The maximum Gasteiger partial charge on any atom is 0.184 e.